The number of rotatable bonds is 5. The molecule has 0 spiro atoms. The van der Waals surface area contributed by atoms with E-state index in [0.29, 0.717) is 37.9 Å². The molecule has 0 aliphatic carbocycles. The Hall–Kier alpha value is -2.15. The molecule has 2 saturated heterocycles. The van der Waals surface area contributed by atoms with Crippen LogP contribution >= 0.6 is 0 Å². The SMILES string of the molecule is CC(C)CN1CC(C(=O)Nc2ccc(N3CCOCC3)nc2)CC1=O. The zero-order valence-corrected chi connectivity index (χ0v) is 14.9. The minimum absolute atomic E-state index is 0.0645. The normalized spacial score (nSPS) is 21.1. The Balaban J connectivity index is 1.55. The molecule has 1 aromatic heterocycles. The van der Waals surface area contributed by atoms with Crippen molar-refractivity contribution in [2.45, 2.75) is 20.3 Å². The van der Waals surface area contributed by atoms with Crippen molar-refractivity contribution in [2.24, 2.45) is 11.8 Å². The van der Waals surface area contributed by atoms with Crippen LogP contribution in [0.5, 0.6) is 0 Å². The number of ether oxygens (including phenoxy) is 1. The number of amides is 2. The van der Waals surface area contributed by atoms with Gasteiger partial charge in [0.1, 0.15) is 5.82 Å². The number of carbonyl (C=O) groups excluding carboxylic acids is 2. The van der Waals surface area contributed by atoms with Crippen LogP contribution in [-0.4, -0.2) is 61.1 Å². The quantitative estimate of drug-likeness (QED) is 0.871. The Labute approximate surface area is 148 Å². The second kappa shape index (κ2) is 7.82. The second-order valence-electron chi connectivity index (χ2n) is 7.09. The summed E-state index contributed by atoms with van der Waals surface area (Å²) in [5.74, 6) is 0.962. The number of aromatic nitrogens is 1. The van der Waals surface area contributed by atoms with Crippen LogP contribution in [-0.2, 0) is 14.3 Å². The van der Waals surface area contributed by atoms with Gasteiger partial charge >= 0.3 is 0 Å². The summed E-state index contributed by atoms with van der Waals surface area (Å²) in [5, 5.41) is 2.88. The summed E-state index contributed by atoms with van der Waals surface area (Å²) in [7, 11) is 0. The van der Waals surface area contributed by atoms with E-state index in [9.17, 15) is 9.59 Å². The van der Waals surface area contributed by atoms with Crippen molar-refractivity contribution in [3.8, 4) is 0 Å². The Morgan fingerprint density at radius 1 is 1.36 bits per heavy atom. The van der Waals surface area contributed by atoms with Gasteiger partial charge in [-0.05, 0) is 18.1 Å². The van der Waals surface area contributed by atoms with Gasteiger partial charge in [0.25, 0.3) is 0 Å². The first-order valence-corrected chi connectivity index (χ1v) is 8.90. The molecule has 7 nitrogen and oxygen atoms in total. The first-order chi connectivity index (χ1) is 12.0. The number of nitrogens with one attached hydrogen (secondary N) is 1. The van der Waals surface area contributed by atoms with Crippen molar-refractivity contribution in [3.05, 3.63) is 18.3 Å². The van der Waals surface area contributed by atoms with Crippen molar-refractivity contribution in [1.29, 1.82) is 0 Å². The number of pyridine rings is 1. The van der Waals surface area contributed by atoms with Gasteiger partial charge in [0.2, 0.25) is 11.8 Å². The molecule has 0 aromatic carbocycles. The third-order valence-electron chi connectivity index (χ3n) is 4.52. The highest BCUT2D eigenvalue weighted by Crippen LogP contribution is 2.21. The third-order valence-corrected chi connectivity index (χ3v) is 4.52. The van der Waals surface area contributed by atoms with Gasteiger partial charge in [-0.3, -0.25) is 9.59 Å². The zero-order chi connectivity index (χ0) is 17.8. The lowest BCUT2D eigenvalue weighted by atomic mass is 10.1. The molecule has 1 aromatic rings. The van der Waals surface area contributed by atoms with Crippen molar-refractivity contribution < 1.29 is 14.3 Å². The molecule has 0 saturated carbocycles. The Kier molecular flexibility index (Phi) is 5.53. The highest BCUT2D eigenvalue weighted by molar-refractivity contribution is 5.97. The molecular weight excluding hydrogens is 320 g/mol. The molecule has 0 bridgehead atoms. The average Bonchev–Trinajstić information content (AvgIpc) is 2.96. The number of carbonyl (C=O) groups is 2. The number of anilines is 2. The van der Waals surface area contributed by atoms with Gasteiger partial charge in [-0.1, -0.05) is 13.8 Å². The van der Waals surface area contributed by atoms with E-state index in [1.165, 1.54) is 0 Å². The smallest absolute Gasteiger partial charge is 0.229 e. The number of hydrogen-bond donors (Lipinski definition) is 1. The molecule has 7 heteroatoms. The summed E-state index contributed by atoms with van der Waals surface area (Å²) in [6.07, 6.45) is 1.96. The summed E-state index contributed by atoms with van der Waals surface area (Å²) in [5.41, 5.74) is 0.664. The molecule has 2 aliphatic rings. The van der Waals surface area contributed by atoms with E-state index in [2.05, 4.69) is 29.0 Å². The van der Waals surface area contributed by atoms with E-state index in [1.54, 1.807) is 11.1 Å². The van der Waals surface area contributed by atoms with E-state index in [4.69, 9.17) is 4.74 Å². The number of likely N-dealkylation sites (tertiary alicyclic amines) is 1. The monoisotopic (exact) mass is 346 g/mol. The molecule has 25 heavy (non-hydrogen) atoms. The maximum absolute atomic E-state index is 12.4. The van der Waals surface area contributed by atoms with Crippen LogP contribution < -0.4 is 10.2 Å². The van der Waals surface area contributed by atoms with E-state index in [-0.39, 0.29) is 24.2 Å². The molecular formula is C18H26N4O3. The predicted molar refractivity (Wildman–Crippen MR) is 95.4 cm³/mol. The van der Waals surface area contributed by atoms with E-state index >= 15 is 0 Å². The van der Waals surface area contributed by atoms with Crippen LogP contribution in [0.4, 0.5) is 11.5 Å². The number of morpholine rings is 1. The zero-order valence-electron chi connectivity index (χ0n) is 14.9. The Morgan fingerprint density at radius 3 is 2.76 bits per heavy atom. The second-order valence-corrected chi connectivity index (χ2v) is 7.09. The van der Waals surface area contributed by atoms with Gasteiger partial charge in [0.15, 0.2) is 0 Å². The van der Waals surface area contributed by atoms with Gasteiger partial charge in [0, 0.05) is 32.6 Å². The van der Waals surface area contributed by atoms with Gasteiger partial charge < -0.3 is 19.9 Å². The summed E-state index contributed by atoms with van der Waals surface area (Å²) >= 11 is 0. The molecule has 2 amide bonds. The first kappa shape index (κ1) is 17.7. The summed E-state index contributed by atoms with van der Waals surface area (Å²) in [6.45, 7) is 8.43. The van der Waals surface area contributed by atoms with Crippen LogP contribution in [0.3, 0.4) is 0 Å². The lowest BCUT2D eigenvalue weighted by Crippen LogP contribution is -2.36. The van der Waals surface area contributed by atoms with Crippen LogP contribution in [0.25, 0.3) is 0 Å². The minimum Gasteiger partial charge on any atom is -0.378 e. The van der Waals surface area contributed by atoms with Gasteiger partial charge in [-0.2, -0.15) is 0 Å². The molecule has 136 valence electrons. The highest BCUT2D eigenvalue weighted by Gasteiger charge is 2.34. The van der Waals surface area contributed by atoms with Crippen molar-refractivity contribution in [1.82, 2.24) is 9.88 Å². The molecule has 0 radical (unpaired) electrons. The standard InChI is InChI=1S/C18H26N4O3/c1-13(2)11-22-12-14(9-17(22)23)18(24)20-15-3-4-16(19-10-15)21-5-7-25-8-6-21/h3-4,10,13-14H,5-9,11-12H2,1-2H3,(H,20,24). The number of nitrogens with zero attached hydrogens (tertiary/aromatic N) is 3. The van der Waals surface area contributed by atoms with Gasteiger partial charge in [-0.25, -0.2) is 4.98 Å². The summed E-state index contributed by atoms with van der Waals surface area (Å²) in [4.78, 5) is 32.8. The van der Waals surface area contributed by atoms with Gasteiger partial charge in [-0.15, -0.1) is 0 Å². The summed E-state index contributed by atoms with van der Waals surface area (Å²) in [6, 6.07) is 3.77. The third kappa shape index (κ3) is 4.48. The fourth-order valence-corrected chi connectivity index (χ4v) is 3.25. The fourth-order valence-electron chi connectivity index (χ4n) is 3.25. The molecule has 2 aliphatic heterocycles. The van der Waals surface area contributed by atoms with Crippen molar-refractivity contribution in [3.63, 3.8) is 0 Å². The summed E-state index contributed by atoms with van der Waals surface area (Å²) < 4.78 is 5.34. The van der Waals surface area contributed by atoms with Crippen LogP contribution in [0.15, 0.2) is 18.3 Å². The molecule has 3 heterocycles. The van der Waals surface area contributed by atoms with Crippen LogP contribution in [0.2, 0.25) is 0 Å². The molecule has 3 rings (SSSR count). The number of hydrogen-bond acceptors (Lipinski definition) is 5. The van der Waals surface area contributed by atoms with Crippen LogP contribution in [0.1, 0.15) is 20.3 Å². The van der Waals surface area contributed by atoms with Crippen molar-refractivity contribution in [2.75, 3.05) is 49.6 Å². The maximum Gasteiger partial charge on any atom is 0.229 e. The molecule has 1 unspecified atom stereocenters. The highest BCUT2D eigenvalue weighted by atomic mass is 16.5. The first-order valence-electron chi connectivity index (χ1n) is 8.90. The maximum atomic E-state index is 12.4. The topological polar surface area (TPSA) is 74.8 Å². The Bertz CT molecular complexity index is 611. The average molecular weight is 346 g/mol. The lowest BCUT2D eigenvalue weighted by molar-refractivity contribution is -0.128. The molecule has 1 atom stereocenters. The van der Waals surface area contributed by atoms with E-state index in [0.717, 1.165) is 18.9 Å². The lowest BCUT2D eigenvalue weighted by Gasteiger charge is -2.27. The largest absolute Gasteiger partial charge is 0.378 e. The van der Waals surface area contributed by atoms with Crippen LogP contribution in [0, 0.1) is 11.8 Å². The van der Waals surface area contributed by atoms with Crippen molar-refractivity contribution >= 4 is 23.3 Å². The Morgan fingerprint density at radius 2 is 2.12 bits per heavy atom. The minimum atomic E-state index is -0.287. The van der Waals surface area contributed by atoms with E-state index < -0.39 is 0 Å². The fraction of sp³-hybridized carbons (Fsp3) is 0.611. The predicted octanol–water partition coefficient (Wildman–Crippen LogP) is 1.36. The molecule has 1 N–H and O–H groups in total. The van der Waals surface area contributed by atoms with Gasteiger partial charge in [0.05, 0.1) is 31.0 Å². The molecule has 2 fully saturated rings. The van der Waals surface area contributed by atoms with E-state index in [1.807, 2.05) is 12.1 Å².